The summed E-state index contributed by atoms with van der Waals surface area (Å²) in [6.07, 6.45) is 6.34. The number of hydrogen-bond donors (Lipinski definition) is 2. The smallest absolute Gasteiger partial charge is 0.237 e. The van der Waals surface area contributed by atoms with Crippen molar-refractivity contribution in [2.45, 2.75) is 38.3 Å². The highest BCUT2D eigenvalue weighted by molar-refractivity contribution is 7.80. The lowest BCUT2D eigenvalue weighted by atomic mass is 9.95. The molecule has 0 radical (unpaired) electrons. The lowest BCUT2D eigenvalue weighted by molar-refractivity contribution is -0.129. The molecule has 2 fully saturated rings. The Kier molecular flexibility index (Phi) is 7.65. The molecule has 32 heavy (non-hydrogen) atoms. The molecule has 1 aromatic heterocycles. The minimum atomic E-state index is -0.269. The van der Waals surface area contributed by atoms with Crippen LogP contribution < -0.4 is 10.6 Å². The van der Waals surface area contributed by atoms with Crippen LogP contribution in [0, 0.1) is 11.7 Å². The summed E-state index contributed by atoms with van der Waals surface area (Å²) in [5.74, 6) is 0.229. The molecule has 1 aliphatic carbocycles. The number of nitrogens with zero attached hydrogens (tertiary/aromatic N) is 3. The number of nitrogens with one attached hydrogen (secondary N) is 2. The Morgan fingerprint density at radius 2 is 1.81 bits per heavy atom. The zero-order valence-electron chi connectivity index (χ0n) is 18.2. The molecule has 1 amide bonds. The Hall–Kier alpha value is -2.58. The van der Waals surface area contributed by atoms with E-state index in [-0.39, 0.29) is 17.8 Å². The van der Waals surface area contributed by atoms with Crippen molar-refractivity contribution in [2.24, 2.45) is 5.92 Å². The molecular weight excluding hydrogens is 425 g/mol. The van der Waals surface area contributed by atoms with Crippen molar-refractivity contribution < 1.29 is 9.18 Å². The second-order valence-corrected chi connectivity index (χ2v) is 8.88. The number of hydrogen-bond acceptors (Lipinski definition) is 4. The van der Waals surface area contributed by atoms with Gasteiger partial charge in [-0.25, -0.2) is 4.39 Å². The lowest BCUT2D eigenvalue weighted by Crippen LogP contribution is -2.58. The van der Waals surface area contributed by atoms with Crippen LogP contribution in [0.5, 0.6) is 0 Å². The highest BCUT2D eigenvalue weighted by Crippen LogP contribution is 2.31. The molecule has 1 atom stereocenters. The van der Waals surface area contributed by atoms with Gasteiger partial charge in [-0.2, -0.15) is 0 Å². The topological polar surface area (TPSA) is 60.5 Å². The Morgan fingerprint density at radius 3 is 2.47 bits per heavy atom. The van der Waals surface area contributed by atoms with Crippen LogP contribution in [0.4, 0.5) is 10.1 Å². The van der Waals surface area contributed by atoms with Gasteiger partial charge >= 0.3 is 0 Å². The van der Waals surface area contributed by atoms with Crippen molar-refractivity contribution in [2.75, 3.05) is 31.5 Å². The molecule has 1 saturated carbocycles. The number of halogens is 1. The van der Waals surface area contributed by atoms with Crippen molar-refractivity contribution in [1.82, 2.24) is 20.1 Å². The summed E-state index contributed by atoms with van der Waals surface area (Å²) in [4.78, 5) is 22.0. The predicted molar refractivity (Wildman–Crippen MR) is 128 cm³/mol. The minimum Gasteiger partial charge on any atom is -0.349 e. The second-order valence-electron chi connectivity index (χ2n) is 8.49. The molecule has 8 heteroatoms. The fourth-order valence-corrected chi connectivity index (χ4v) is 4.98. The van der Waals surface area contributed by atoms with E-state index in [1.54, 1.807) is 18.3 Å². The third-order valence-electron chi connectivity index (χ3n) is 6.38. The van der Waals surface area contributed by atoms with E-state index >= 15 is 0 Å². The van der Waals surface area contributed by atoms with Gasteiger partial charge in [-0.15, -0.1) is 0 Å². The van der Waals surface area contributed by atoms with Crippen molar-refractivity contribution >= 4 is 28.9 Å². The van der Waals surface area contributed by atoms with Crippen molar-refractivity contribution in [1.29, 1.82) is 0 Å². The van der Waals surface area contributed by atoms with Gasteiger partial charge in [0.05, 0.1) is 18.3 Å². The molecule has 4 rings (SSSR count). The Bertz CT molecular complexity index is 896. The first kappa shape index (κ1) is 22.6. The van der Waals surface area contributed by atoms with Gasteiger partial charge in [0.2, 0.25) is 5.91 Å². The van der Waals surface area contributed by atoms with Crippen LogP contribution in [0.15, 0.2) is 48.7 Å². The molecule has 1 aromatic carbocycles. The van der Waals surface area contributed by atoms with Crippen molar-refractivity contribution in [3.05, 3.63) is 60.2 Å². The third-order valence-corrected chi connectivity index (χ3v) is 6.74. The van der Waals surface area contributed by atoms with Gasteiger partial charge in [-0.05, 0) is 67.4 Å². The van der Waals surface area contributed by atoms with Crippen LogP contribution >= 0.6 is 12.2 Å². The molecular formula is C24H30FN5OS. The van der Waals surface area contributed by atoms with Gasteiger partial charge in [-0.1, -0.05) is 18.9 Å². The predicted octanol–water partition coefficient (Wildman–Crippen LogP) is 3.41. The summed E-state index contributed by atoms with van der Waals surface area (Å²) in [6.45, 7) is 3.52. The van der Waals surface area contributed by atoms with E-state index in [1.807, 2.05) is 18.2 Å². The molecule has 0 unspecified atom stereocenters. The molecule has 1 saturated heterocycles. The Morgan fingerprint density at radius 1 is 1.09 bits per heavy atom. The summed E-state index contributed by atoms with van der Waals surface area (Å²) in [6, 6.07) is 11.8. The van der Waals surface area contributed by atoms with Gasteiger partial charge in [0.25, 0.3) is 0 Å². The molecule has 6 nitrogen and oxygen atoms in total. The second kappa shape index (κ2) is 10.8. The minimum absolute atomic E-state index is 0.100. The van der Waals surface area contributed by atoms with E-state index in [0.29, 0.717) is 17.6 Å². The fraction of sp³-hybridized carbons (Fsp3) is 0.458. The van der Waals surface area contributed by atoms with E-state index in [4.69, 9.17) is 12.2 Å². The molecule has 2 aliphatic rings. The molecule has 2 heterocycles. The highest BCUT2D eigenvalue weighted by Gasteiger charge is 2.36. The van der Waals surface area contributed by atoms with E-state index in [0.717, 1.165) is 50.4 Å². The Labute approximate surface area is 194 Å². The van der Waals surface area contributed by atoms with E-state index in [2.05, 4.69) is 25.4 Å². The van der Waals surface area contributed by atoms with Gasteiger partial charge < -0.3 is 15.5 Å². The maximum atomic E-state index is 13.2. The summed E-state index contributed by atoms with van der Waals surface area (Å²) in [7, 11) is 0. The molecule has 0 spiro atoms. The number of carbonyl (C=O) groups excluding carboxylic acids is 1. The van der Waals surface area contributed by atoms with Gasteiger partial charge in [0.1, 0.15) is 5.82 Å². The first-order valence-electron chi connectivity index (χ1n) is 11.3. The van der Waals surface area contributed by atoms with Crippen LogP contribution in [0.25, 0.3) is 0 Å². The number of pyridine rings is 1. The van der Waals surface area contributed by atoms with Crippen LogP contribution in [-0.2, 0) is 11.3 Å². The maximum Gasteiger partial charge on any atom is 0.237 e. The summed E-state index contributed by atoms with van der Waals surface area (Å²) in [5.41, 5.74) is 1.64. The quantitative estimate of drug-likeness (QED) is 0.651. The normalized spacial score (nSPS) is 18.3. The SMILES string of the molecule is O=C(NCc1ccccn1)[C@@H](C1CCCC1)N1CCN(C(=S)Nc2ccc(F)cc2)CC1. The fourth-order valence-electron chi connectivity index (χ4n) is 4.68. The van der Waals surface area contributed by atoms with Crippen LogP contribution in [0.3, 0.4) is 0 Å². The monoisotopic (exact) mass is 455 g/mol. The number of thiocarbonyl (C=S) groups is 1. The molecule has 2 N–H and O–H groups in total. The molecule has 2 aromatic rings. The number of benzene rings is 1. The molecule has 170 valence electrons. The average molecular weight is 456 g/mol. The maximum absolute atomic E-state index is 13.2. The third kappa shape index (κ3) is 5.81. The van der Waals surface area contributed by atoms with E-state index in [1.165, 1.54) is 25.0 Å². The highest BCUT2D eigenvalue weighted by atomic mass is 32.1. The molecule has 0 bridgehead atoms. The number of anilines is 1. The summed E-state index contributed by atoms with van der Waals surface area (Å²) >= 11 is 5.56. The number of aromatic nitrogens is 1. The zero-order chi connectivity index (χ0) is 22.3. The number of carbonyl (C=O) groups is 1. The van der Waals surface area contributed by atoms with Crippen LogP contribution in [0.2, 0.25) is 0 Å². The van der Waals surface area contributed by atoms with Gasteiger partial charge in [0, 0.05) is 38.1 Å². The van der Waals surface area contributed by atoms with E-state index < -0.39 is 0 Å². The van der Waals surface area contributed by atoms with Crippen molar-refractivity contribution in [3.8, 4) is 0 Å². The number of rotatable bonds is 6. The zero-order valence-corrected chi connectivity index (χ0v) is 19.0. The van der Waals surface area contributed by atoms with Crippen LogP contribution in [0.1, 0.15) is 31.4 Å². The van der Waals surface area contributed by atoms with Crippen LogP contribution in [-0.4, -0.2) is 58.0 Å². The lowest BCUT2D eigenvalue weighted by Gasteiger charge is -2.41. The standard InChI is InChI=1S/C24H30FN5OS/c25-19-8-10-20(11-9-19)28-24(32)30-15-13-29(14-16-30)22(18-5-1-2-6-18)23(31)27-17-21-7-3-4-12-26-21/h3-4,7-12,18,22H,1-2,5-6,13-17H2,(H,27,31)(H,28,32)/t22-/m1/s1. The number of piperazine rings is 1. The first-order chi connectivity index (χ1) is 15.6. The van der Waals surface area contributed by atoms with Gasteiger partial charge in [0.15, 0.2) is 5.11 Å². The Balaban J connectivity index is 1.34. The summed E-state index contributed by atoms with van der Waals surface area (Å²) < 4.78 is 13.1. The van der Waals surface area contributed by atoms with Gasteiger partial charge in [-0.3, -0.25) is 14.7 Å². The first-order valence-corrected chi connectivity index (χ1v) is 11.7. The average Bonchev–Trinajstić information content (AvgIpc) is 3.35. The van der Waals surface area contributed by atoms with E-state index in [9.17, 15) is 9.18 Å². The number of amides is 1. The molecule has 1 aliphatic heterocycles. The summed E-state index contributed by atoms with van der Waals surface area (Å²) in [5, 5.41) is 6.94. The van der Waals surface area contributed by atoms with Crippen molar-refractivity contribution in [3.63, 3.8) is 0 Å². The largest absolute Gasteiger partial charge is 0.349 e.